The molecule has 0 spiro atoms. The molecule has 118 valence electrons. The van der Waals surface area contributed by atoms with Crippen molar-refractivity contribution in [1.29, 1.82) is 0 Å². The normalized spacial score (nSPS) is 16.9. The van der Waals surface area contributed by atoms with E-state index in [1.54, 1.807) is 6.07 Å². The second-order valence-corrected chi connectivity index (χ2v) is 6.45. The summed E-state index contributed by atoms with van der Waals surface area (Å²) in [6.07, 6.45) is 1.10. The minimum absolute atomic E-state index is 0.0816. The fraction of sp³-hybridized carbons (Fsp3) is 0.278. The standard InChI is InChI=1S/C18H18ClN3O/c19-15-6-2-3-7-16(15)20-18(23)21-11-14(12-21)22-10-9-13-5-1-4-8-17(13)22/h1-8,14H,9-12H2,(H,20,23). The number of halogens is 1. The van der Waals surface area contributed by atoms with Crippen LogP contribution in [-0.2, 0) is 6.42 Å². The first-order valence-electron chi connectivity index (χ1n) is 7.87. The minimum atomic E-state index is -0.0816. The minimum Gasteiger partial charge on any atom is -0.364 e. The molecule has 2 heterocycles. The number of benzene rings is 2. The Morgan fingerprint density at radius 3 is 2.65 bits per heavy atom. The van der Waals surface area contributed by atoms with Crippen molar-refractivity contribution in [3.05, 3.63) is 59.1 Å². The van der Waals surface area contributed by atoms with Gasteiger partial charge in [-0.2, -0.15) is 0 Å². The summed E-state index contributed by atoms with van der Waals surface area (Å²) in [5.74, 6) is 0. The van der Waals surface area contributed by atoms with E-state index >= 15 is 0 Å². The van der Waals surface area contributed by atoms with Crippen molar-refractivity contribution in [2.75, 3.05) is 29.9 Å². The summed E-state index contributed by atoms with van der Waals surface area (Å²) >= 11 is 6.08. The fourth-order valence-electron chi connectivity index (χ4n) is 3.32. The molecule has 0 saturated carbocycles. The van der Waals surface area contributed by atoms with E-state index in [9.17, 15) is 4.79 Å². The van der Waals surface area contributed by atoms with Crippen LogP contribution in [0.2, 0.25) is 5.02 Å². The molecule has 0 radical (unpaired) electrons. The summed E-state index contributed by atoms with van der Waals surface area (Å²) in [5.41, 5.74) is 3.39. The molecule has 0 aromatic heterocycles. The van der Waals surface area contributed by atoms with Crippen LogP contribution in [0.5, 0.6) is 0 Å². The van der Waals surface area contributed by atoms with Crippen LogP contribution in [0.4, 0.5) is 16.2 Å². The highest BCUT2D eigenvalue weighted by Crippen LogP contribution is 2.32. The molecule has 2 aliphatic rings. The molecule has 2 aromatic rings. The number of urea groups is 1. The average Bonchev–Trinajstić information content (AvgIpc) is 2.92. The molecule has 1 saturated heterocycles. The van der Waals surface area contributed by atoms with Gasteiger partial charge in [-0.1, -0.05) is 41.9 Å². The van der Waals surface area contributed by atoms with Crippen LogP contribution in [0.3, 0.4) is 0 Å². The predicted octanol–water partition coefficient (Wildman–Crippen LogP) is 3.62. The number of nitrogens with zero attached hydrogens (tertiary/aromatic N) is 2. The maximum atomic E-state index is 12.3. The van der Waals surface area contributed by atoms with E-state index in [4.69, 9.17) is 11.6 Å². The van der Waals surface area contributed by atoms with Gasteiger partial charge in [-0.3, -0.25) is 0 Å². The Labute approximate surface area is 140 Å². The number of para-hydroxylation sites is 2. The van der Waals surface area contributed by atoms with Gasteiger partial charge in [0.2, 0.25) is 0 Å². The van der Waals surface area contributed by atoms with Gasteiger partial charge in [0, 0.05) is 25.3 Å². The number of anilines is 2. The van der Waals surface area contributed by atoms with Gasteiger partial charge in [0.15, 0.2) is 0 Å². The predicted molar refractivity (Wildman–Crippen MR) is 93.3 cm³/mol. The van der Waals surface area contributed by atoms with E-state index in [0.717, 1.165) is 26.1 Å². The third kappa shape index (κ3) is 2.63. The van der Waals surface area contributed by atoms with Crippen LogP contribution < -0.4 is 10.2 Å². The number of fused-ring (bicyclic) bond motifs is 1. The number of hydrogen-bond acceptors (Lipinski definition) is 2. The highest BCUT2D eigenvalue weighted by Gasteiger charge is 2.37. The van der Waals surface area contributed by atoms with E-state index in [1.807, 2.05) is 23.1 Å². The number of carbonyl (C=O) groups is 1. The van der Waals surface area contributed by atoms with Crippen molar-refractivity contribution in [2.45, 2.75) is 12.5 Å². The molecular formula is C18H18ClN3O. The average molecular weight is 328 g/mol. The third-order valence-corrected chi connectivity index (χ3v) is 4.96. The Morgan fingerprint density at radius 1 is 1.09 bits per heavy atom. The molecule has 5 heteroatoms. The molecule has 23 heavy (non-hydrogen) atoms. The van der Waals surface area contributed by atoms with Gasteiger partial charge in [0.25, 0.3) is 0 Å². The zero-order valence-electron chi connectivity index (χ0n) is 12.7. The zero-order valence-corrected chi connectivity index (χ0v) is 13.5. The topological polar surface area (TPSA) is 35.6 Å². The lowest BCUT2D eigenvalue weighted by Gasteiger charge is -2.45. The summed E-state index contributed by atoms with van der Waals surface area (Å²) in [4.78, 5) is 16.5. The van der Waals surface area contributed by atoms with E-state index in [2.05, 4.69) is 34.5 Å². The van der Waals surface area contributed by atoms with Crippen molar-refractivity contribution in [3.8, 4) is 0 Å². The molecule has 2 aliphatic heterocycles. The van der Waals surface area contributed by atoms with Crippen molar-refractivity contribution in [2.24, 2.45) is 0 Å². The first kappa shape index (κ1) is 14.4. The first-order valence-corrected chi connectivity index (χ1v) is 8.25. The molecule has 2 aromatic carbocycles. The summed E-state index contributed by atoms with van der Waals surface area (Å²) < 4.78 is 0. The number of amides is 2. The van der Waals surface area contributed by atoms with Crippen molar-refractivity contribution in [3.63, 3.8) is 0 Å². The second-order valence-electron chi connectivity index (χ2n) is 6.04. The quantitative estimate of drug-likeness (QED) is 0.914. The van der Waals surface area contributed by atoms with Crippen LogP contribution in [0.1, 0.15) is 5.56 Å². The van der Waals surface area contributed by atoms with E-state index in [0.29, 0.717) is 16.8 Å². The van der Waals surface area contributed by atoms with Crippen molar-refractivity contribution >= 4 is 29.0 Å². The van der Waals surface area contributed by atoms with Gasteiger partial charge >= 0.3 is 6.03 Å². The summed E-state index contributed by atoms with van der Waals surface area (Å²) in [7, 11) is 0. The van der Waals surface area contributed by atoms with Crippen molar-refractivity contribution in [1.82, 2.24) is 4.90 Å². The Morgan fingerprint density at radius 2 is 1.83 bits per heavy atom. The first-order chi connectivity index (χ1) is 11.2. The summed E-state index contributed by atoms with van der Waals surface area (Å²) in [5, 5.41) is 3.44. The number of nitrogens with one attached hydrogen (secondary N) is 1. The Kier molecular flexibility index (Phi) is 3.62. The maximum Gasteiger partial charge on any atom is 0.322 e. The lowest BCUT2D eigenvalue weighted by atomic mass is 10.1. The molecule has 4 nitrogen and oxygen atoms in total. The maximum absolute atomic E-state index is 12.3. The van der Waals surface area contributed by atoms with Crippen LogP contribution in [0.15, 0.2) is 48.5 Å². The van der Waals surface area contributed by atoms with Crippen LogP contribution in [0.25, 0.3) is 0 Å². The lowest BCUT2D eigenvalue weighted by molar-refractivity contribution is 0.162. The number of likely N-dealkylation sites (tertiary alicyclic amines) is 1. The Bertz CT molecular complexity index is 743. The molecule has 0 bridgehead atoms. The molecule has 2 amide bonds. The van der Waals surface area contributed by atoms with Gasteiger partial charge < -0.3 is 15.1 Å². The Balaban J connectivity index is 1.37. The van der Waals surface area contributed by atoms with Crippen LogP contribution in [-0.4, -0.2) is 36.6 Å². The van der Waals surface area contributed by atoms with Gasteiger partial charge in [-0.05, 0) is 30.2 Å². The third-order valence-electron chi connectivity index (χ3n) is 4.63. The monoisotopic (exact) mass is 327 g/mol. The molecular weight excluding hydrogens is 310 g/mol. The van der Waals surface area contributed by atoms with E-state index < -0.39 is 0 Å². The highest BCUT2D eigenvalue weighted by atomic mass is 35.5. The van der Waals surface area contributed by atoms with Gasteiger partial charge in [0.1, 0.15) is 0 Å². The zero-order chi connectivity index (χ0) is 15.8. The van der Waals surface area contributed by atoms with E-state index in [1.165, 1.54) is 11.3 Å². The molecule has 0 aliphatic carbocycles. The highest BCUT2D eigenvalue weighted by molar-refractivity contribution is 6.33. The summed E-state index contributed by atoms with van der Waals surface area (Å²) in [6, 6.07) is 16.2. The Hall–Kier alpha value is -2.20. The molecule has 0 unspecified atom stereocenters. The van der Waals surface area contributed by atoms with Gasteiger partial charge in [-0.25, -0.2) is 4.79 Å². The number of rotatable bonds is 2. The van der Waals surface area contributed by atoms with Gasteiger partial charge in [-0.15, -0.1) is 0 Å². The number of hydrogen-bond donors (Lipinski definition) is 1. The molecule has 0 atom stereocenters. The largest absolute Gasteiger partial charge is 0.364 e. The summed E-state index contributed by atoms with van der Waals surface area (Å²) in [6.45, 7) is 2.55. The van der Waals surface area contributed by atoms with Crippen LogP contribution >= 0.6 is 11.6 Å². The van der Waals surface area contributed by atoms with E-state index in [-0.39, 0.29) is 6.03 Å². The lowest BCUT2D eigenvalue weighted by Crippen LogP contribution is -2.61. The smallest absolute Gasteiger partial charge is 0.322 e. The van der Waals surface area contributed by atoms with Crippen LogP contribution in [0, 0.1) is 0 Å². The number of carbonyl (C=O) groups excluding carboxylic acids is 1. The van der Waals surface area contributed by atoms with Gasteiger partial charge in [0.05, 0.1) is 16.8 Å². The SMILES string of the molecule is O=C(Nc1ccccc1Cl)N1CC(N2CCc3ccccc32)C1. The molecule has 4 rings (SSSR count). The molecule has 1 fully saturated rings. The van der Waals surface area contributed by atoms with Crippen molar-refractivity contribution < 1.29 is 4.79 Å². The fourth-order valence-corrected chi connectivity index (χ4v) is 3.50. The second kappa shape index (κ2) is 5.78. The molecule has 1 N–H and O–H groups in total.